The predicted octanol–water partition coefficient (Wildman–Crippen LogP) is 2.51. The van der Waals surface area contributed by atoms with E-state index < -0.39 is 5.97 Å². The van der Waals surface area contributed by atoms with Crippen molar-refractivity contribution in [2.75, 3.05) is 14.2 Å². The van der Waals surface area contributed by atoms with Gasteiger partial charge in [0.05, 0.1) is 12.7 Å². The van der Waals surface area contributed by atoms with Gasteiger partial charge in [0.25, 0.3) is 0 Å². The Bertz CT molecular complexity index is 656. The maximum atomic E-state index is 11.2. The van der Waals surface area contributed by atoms with Crippen molar-refractivity contribution in [3.8, 4) is 5.75 Å². The highest BCUT2D eigenvalue weighted by molar-refractivity contribution is 6.07. The Hall–Kier alpha value is -2.50. The van der Waals surface area contributed by atoms with Crippen LogP contribution in [0.5, 0.6) is 5.75 Å². The fraction of sp³-hybridized carbons (Fsp3) is 0.231. The molecule has 0 amide bonds. The fourth-order valence-electron chi connectivity index (χ4n) is 1.81. The molecule has 0 aliphatic heterocycles. The lowest BCUT2D eigenvalue weighted by atomic mass is 10.1. The van der Waals surface area contributed by atoms with Crippen LogP contribution in [-0.4, -0.2) is 31.0 Å². The van der Waals surface area contributed by atoms with E-state index in [1.54, 1.807) is 19.1 Å². The fourth-order valence-corrected chi connectivity index (χ4v) is 1.81. The summed E-state index contributed by atoms with van der Waals surface area (Å²) in [6.07, 6.45) is 0. The van der Waals surface area contributed by atoms with Crippen LogP contribution in [-0.2, 0) is 4.84 Å². The summed E-state index contributed by atoms with van der Waals surface area (Å²) in [6, 6.07) is 4.65. The van der Waals surface area contributed by atoms with Gasteiger partial charge in [-0.1, -0.05) is 5.16 Å². The number of carbonyl (C=O) groups is 1. The molecular formula is C13H13NO5. The van der Waals surface area contributed by atoms with Crippen LogP contribution in [0, 0.1) is 0 Å². The van der Waals surface area contributed by atoms with Gasteiger partial charge in [-0.3, -0.25) is 0 Å². The van der Waals surface area contributed by atoms with Gasteiger partial charge in [0.15, 0.2) is 17.1 Å². The lowest BCUT2D eigenvalue weighted by molar-refractivity contribution is 0.0699. The van der Waals surface area contributed by atoms with Crippen LogP contribution in [0.2, 0.25) is 0 Å². The number of aromatic carboxylic acids is 1. The first kappa shape index (κ1) is 12.9. The van der Waals surface area contributed by atoms with Crippen molar-refractivity contribution in [3.05, 3.63) is 29.5 Å². The molecule has 0 unspecified atom stereocenters. The molecule has 2 aromatic rings. The zero-order valence-electron chi connectivity index (χ0n) is 10.8. The van der Waals surface area contributed by atoms with E-state index in [1.807, 2.05) is 0 Å². The zero-order valence-corrected chi connectivity index (χ0v) is 10.8. The van der Waals surface area contributed by atoms with E-state index in [2.05, 4.69) is 9.99 Å². The Morgan fingerprint density at radius 1 is 1.37 bits per heavy atom. The summed E-state index contributed by atoms with van der Waals surface area (Å²) in [4.78, 5) is 15.9. The Kier molecular flexibility index (Phi) is 3.41. The van der Waals surface area contributed by atoms with Crippen molar-refractivity contribution >= 4 is 22.7 Å². The maximum Gasteiger partial charge on any atom is 0.336 e. The molecular weight excluding hydrogens is 250 g/mol. The minimum absolute atomic E-state index is 0.149. The van der Waals surface area contributed by atoms with Crippen LogP contribution in [0.3, 0.4) is 0 Å². The van der Waals surface area contributed by atoms with Crippen LogP contribution in [0.4, 0.5) is 0 Å². The molecule has 0 fully saturated rings. The Morgan fingerprint density at radius 3 is 2.68 bits per heavy atom. The highest BCUT2D eigenvalue weighted by Gasteiger charge is 2.18. The molecule has 100 valence electrons. The summed E-state index contributed by atoms with van der Waals surface area (Å²) in [7, 11) is 2.92. The molecule has 0 saturated carbocycles. The summed E-state index contributed by atoms with van der Waals surface area (Å²) in [6.45, 7) is 1.70. The molecule has 0 atom stereocenters. The molecule has 1 aromatic heterocycles. The monoisotopic (exact) mass is 263 g/mol. The van der Waals surface area contributed by atoms with Crippen molar-refractivity contribution < 1.29 is 23.9 Å². The SMILES string of the molecule is CO/N=C(\C)c1cc2c(C(=O)O)ccc(OC)c2o1. The summed E-state index contributed by atoms with van der Waals surface area (Å²) >= 11 is 0. The molecule has 0 aliphatic rings. The first-order chi connectivity index (χ1) is 9.08. The van der Waals surface area contributed by atoms with E-state index in [-0.39, 0.29) is 5.56 Å². The van der Waals surface area contributed by atoms with E-state index in [0.717, 1.165) is 0 Å². The molecule has 0 spiro atoms. The molecule has 0 aliphatic carbocycles. The molecule has 0 radical (unpaired) electrons. The summed E-state index contributed by atoms with van der Waals surface area (Å²) < 4.78 is 10.8. The first-order valence-corrected chi connectivity index (χ1v) is 5.50. The van der Waals surface area contributed by atoms with Crippen LogP contribution in [0.1, 0.15) is 23.0 Å². The topological polar surface area (TPSA) is 81.3 Å². The maximum absolute atomic E-state index is 11.2. The van der Waals surface area contributed by atoms with Gasteiger partial charge in [0.1, 0.15) is 12.8 Å². The number of fused-ring (bicyclic) bond motifs is 1. The van der Waals surface area contributed by atoms with Gasteiger partial charge in [0.2, 0.25) is 0 Å². The van der Waals surface area contributed by atoms with Gasteiger partial charge in [-0.05, 0) is 25.1 Å². The number of furan rings is 1. The van der Waals surface area contributed by atoms with Crippen molar-refractivity contribution in [2.24, 2.45) is 5.16 Å². The van der Waals surface area contributed by atoms with Crippen LogP contribution < -0.4 is 4.74 Å². The number of methoxy groups -OCH3 is 1. The van der Waals surface area contributed by atoms with Gasteiger partial charge in [0, 0.05) is 5.39 Å². The largest absolute Gasteiger partial charge is 0.493 e. The normalized spacial score (nSPS) is 11.6. The predicted molar refractivity (Wildman–Crippen MR) is 68.9 cm³/mol. The van der Waals surface area contributed by atoms with Crippen molar-refractivity contribution in [2.45, 2.75) is 6.92 Å². The third kappa shape index (κ3) is 2.24. The van der Waals surface area contributed by atoms with Crippen molar-refractivity contribution in [1.29, 1.82) is 0 Å². The van der Waals surface area contributed by atoms with E-state index >= 15 is 0 Å². The summed E-state index contributed by atoms with van der Waals surface area (Å²) in [5, 5.41) is 13.4. The van der Waals surface area contributed by atoms with E-state index in [4.69, 9.17) is 14.3 Å². The molecule has 6 nitrogen and oxygen atoms in total. The third-order valence-corrected chi connectivity index (χ3v) is 2.68. The lowest BCUT2D eigenvalue weighted by Gasteiger charge is -2.02. The van der Waals surface area contributed by atoms with E-state index in [9.17, 15) is 4.79 Å². The molecule has 6 heteroatoms. The van der Waals surface area contributed by atoms with Crippen molar-refractivity contribution in [3.63, 3.8) is 0 Å². The van der Waals surface area contributed by atoms with Gasteiger partial charge >= 0.3 is 5.97 Å². The van der Waals surface area contributed by atoms with Gasteiger partial charge in [-0.25, -0.2) is 4.79 Å². The van der Waals surface area contributed by atoms with E-state index in [1.165, 1.54) is 20.3 Å². The minimum atomic E-state index is -1.03. The van der Waals surface area contributed by atoms with Crippen molar-refractivity contribution in [1.82, 2.24) is 0 Å². The van der Waals surface area contributed by atoms with Crippen LogP contribution in [0.25, 0.3) is 11.0 Å². The van der Waals surface area contributed by atoms with Gasteiger partial charge in [-0.2, -0.15) is 0 Å². The molecule has 1 aromatic carbocycles. The highest BCUT2D eigenvalue weighted by Crippen LogP contribution is 2.31. The number of carboxylic acids is 1. The molecule has 19 heavy (non-hydrogen) atoms. The smallest absolute Gasteiger partial charge is 0.336 e. The van der Waals surface area contributed by atoms with E-state index in [0.29, 0.717) is 28.2 Å². The molecule has 1 N–H and O–H groups in total. The Labute approximate surface area is 109 Å². The van der Waals surface area contributed by atoms with Gasteiger partial charge in [-0.15, -0.1) is 0 Å². The Morgan fingerprint density at radius 2 is 2.11 bits per heavy atom. The molecule has 2 rings (SSSR count). The molecule has 1 heterocycles. The quantitative estimate of drug-likeness (QED) is 0.677. The summed E-state index contributed by atoms with van der Waals surface area (Å²) in [5.41, 5.74) is 1.04. The number of hydrogen-bond donors (Lipinski definition) is 1. The second-order valence-corrected chi connectivity index (χ2v) is 3.83. The average molecular weight is 263 g/mol. The number of ether oxygens (including phenoxy) is 1. The number of carboxylic acid groups (broad SMARTS) is 1. The second-order valence-electron chi connectivity index (χ2n) is 3.83. The number of oxime groups is 1. The standard InChI is InChI=1S/C13H13NO5/c1-7(14-18-3)11-6-9-8(13(15)16)4-5-10(17-2)12(9)19-11/h4-6H,1-3H3,(H,15,16)/b14-7+. The lowest BCUT2D eigenvalue weighted by Crippen LogP contribution is -1.97. The first-order valence-electron chi connectivity index (χ1n) is 5.50. The third-order valence-electron chi connectivity index (χ3n) is 2.68. The van der Waals surface area contributed by atoms with Crippen LogP contribution in [0.15, 0.2) is 27.8 Å². The number of rotatable bonds is 4. The summed E-state index contributed by atoms with van der Waals surface area (Å²) in [5.74, 6) is -0.123. The highest BCUT2D eigenvalue weighted by atomic mass is 16.6. The average Bonchev–Trinajstić information content (AvgIpc) is 2.82. The number of hydrogen-bond acceptors (Lipinski definition) is 5. The Balaban J connectivity index is 2.71. The minimum Gasteiger partial charge on any atom is -0.493 e. The van der Waals surface area contributed by atoms with Crippen LogP contribution >= 0.6 is 0 Å². The molecule has 0 saturated heterocycles. The zero-order chi connectivity index (χ0) is 14.0. The van der Waals surface area contributed by atoms with Gasteiger partial charge < -0.3 is 19.1 Å². The number of benzene rings is 1. The molecule has 0 bridgehead atoms. The second kappa shape index (κ2) is 5.01. The number of nitrogens with zero attached hydrogens (tertiary/aromatic N) is 1.